The Kier molecular flexibility index (Phi) is 5.34. The third-order valence-corrected chi connectivity index (χ3v) is 5.00. The second-order valence-electron chi connectivity index (χ2n) is 5.95. The number of carbonyl (C=O) groups is 2. The number of fused-ring (bicyclic) bond motifs is 1. The number of ether oxygens (including phenoxy) is 1. The molecule has 2 amide bonds. The molecule has 0 unspecified atom stereocenters. The largest absolute Gasteiger partial charge is 0.496 e. The minimum atomic E-state index is -4.00. The molecular formula is C18H18N4O5S. The van der Waals surface area contributed by atoms with Crippen LogP contribution in [0, 0.1) is 0 Å². The summed E-state index contributed by atoms with van der Waals surface area (Å²) in [5.74, 6) is -1.05. The number of para-hydroxylation sites is 1. The van der Waals surface area contributed by atoms with Crippen molar-refractivity contribution < 1.29 is 22.7 Å². The van der Waals surface area contributed by atoms with E-state index in [2.05, 4.69) is 15.8 Å². The molecule has 3 rings (SSSR count). The lowest BCUT2D eigenvalue weighted by atomic mass is 10.1. The number of rotatable bonds is 5. The van der Waals surface area contributed by atoms with Gasteiger partial charge in [-0.05, 0) is 29.8 Å². The van der Waals surface area contributed by atoms with E-state index in [0.717, 1.165) is 22.5 Å². The van der Waals surface area contributed by atoms with Crippen LogP contribution in [-0.2, 0) is 21.2 Å². The van der Waals surface area contributed by atoms with E-state index in [1.807, 2.05) is 24.3 Å². The average Bonchev–Trinajstić information content (AvgIpc) is 3.07. The number of carbonyl (C=O) groups excluding carboxylic acids is 2. The van der Waals surface area contributed by atoms with Crippen molar-refractivity contribution in [2.24, 2.45) is 5.14 Å². The van der Waals surface area contributed by atoms with Crippen molar-refractivity contribution in [1.29, 1.82) is 0 Å². The van der Waals surface area contributed by atoms with Gasteiger partial charge in [-0.1, -0.05) is 18.2 Å². The Morgan fingerprint density at radius 2 is 1.89 bits per heavy atom. The molecule has 9 nitrogen and oxygen atoms in total. The van der Waals surface area contributed by atoms with Crippen LogP contribution in [-0.4, -0.2) is 32.3 Å². The van der Waals surface area contributed by atoms with Crippen molar-refractivity contribution in [1.82, 2.24) is 15.8 Å². The summed E-state index contributed by atoms with van der Waals surface area (Å²) in [4.78, 5) is 27.4. The summed E-state index contributed by atoms with van der Waals surface area (Å²) in [7, 11) is -2.66. The van der Waals surface area contributed by atoms with Crippen LogP contribution in [0.2, 0.25) is 0 Å². The van der Waals surface area contributed by atoms with Gasteiger partial charge in [0, 0.05) is 17.1 Å². The number of benzene rings is 2. The minimum absolute atomic E-state index is 0.0403. The predicted octanol–water partition coefficient (Wildman–Crippen LogP) is 0.828. The van der Waals surface area contributed by atoms with E-state index < -0.39 is 21.8 Å². The molecule has 0 atom stereocenters. The van der Waals surface area contributed by atoms with Crippen LogP contribution in [0.4, 0.5) is 0 Å². The molecule has 28 heavy (non-hydrogen) atoms. The van der Waals surface area contributed by atoms with Gasteiger partial charge >= 0.3 is 0 Å². The normalized spacial score (nSPS) is 11.2. The molecular weight excluding hydrogens is 384 g/mol. The van der Waals surface area contributed by atoms with Crippen molar-refractivity contribution in [3.63, 3.8) is 0 Å². The zero-order valence-electron chi connectivity index (χ0n) is 14.9. The summed E-state index contributed by atoms with van der Waals surface area (Å²) in [5.41, 5.74) is 6.15. The molecule has 0 bridgehead atoms. The van der Waals surface area contributed by atoms with Crippen LogP contribution in [0.5, 0.6) is 5.75 Å². The third kappa shape index (κ3) is 4.13. The summed E-state index contributed by atoms with van der Waals surface area (Å²) in [6, 6.07) is 11.1. The van der Waals surface area contributed by atoms with Gasteiger partial charge < -0.3 is 9.72 Å². The van der Waals surface area contributed by atoms with Crippen molar-refractivity contribution >= 4 is 32.7 Å². The lowest BCUT2D eigenvalue weighted by Crippen LogP contribution is -2.42. The lowest BCUT2D eigenvalue weighted by Gasteiger charge is -2.11. The minimum Gasteiger partial charge on any atom is -0.496 e. The maximum atomic E-state index is 12.4. The molecule has 0 aliphatic heterocycles. The lowest BCUT2D eigenvalue weighted by molar-refractivity contribution is -0.121. The summed E-state index contributed by atoms with van der Waals surface area (Å²) in [5, 5.41) is 6.00. The van der Waals surface area contributed by atoms with Crippen molar-refractivity contribution in [3.8, 4) is 5.75 Å². The first-order valence-corrected chi connectivity index (χ1v) is 9.69. The summed E-state index contributed by atoms with van der Waals surface area (Å²) >= 11 is 0. The van der Waals surface area contributed by atoms with E-state index >= 15 is 0 Å². The Balaban J connectivity index is 1.70. The van der Waals surface area contributed by atoms with Crippen LogP contribution in [0.3, 0.4) is 0 Å². The first-order valence-electron chi connectivity index (χ1n) is 8.14. The molecule has 0 saturated heterocycles. The summed E-state index contributed by atoms with van der Waals surface area (Å²) < 4.78 is 28.0. The molecule has 2 aromatic carbocycles. The average molecular weight is 402 g/mol. The fourth-order valence-corrected chi connectivity index (χ4v) is 3.27. The fourth-order valence-electron chi connectivity index (χ4n) is 2.73. The Hall–Kier alpha value is -3.37. The van der Waals surface area contributed by atoms with Gasteiger partial charge in [0.1, 0.15) is 5.75 Å². The van der Waals surface area contributed by atoms with Gasteiger partial charge in [-0.3, -0.25) is 20.4 Å². The standard InChI is InChI=1S/C18H18N4O5S/c1-27-16-7-6-12(28(19,25)26)9-14(16)18(24)22-21-17(23)8-11-10-20-15-5-3-2-4-13(11)15/h2-7,9-10,20H,8H2,1H3,(H,21,23)(H,22,24)(H2,19,25,26). The quantitative estimate of drug-likeness (QED) is 0.467. The zero-order chi connectivity index (χ0) is 20.3. The van der Waals surface area contributed by atoms with Crippen molar-refractivity contribution in [3.05, 3.63) is 59.8 Å². The Morgan fingerprint density at radius 1 is 1.14 bits per heavy atom. The van der Waals surface area contributed by atoms with Crippen LogP contribution >= 0.6 is 0 Å². The van der Waals surface area contributed by atoms with Crippen LogP contribution in [0.15, 0.2) is 53.6 Å². The molecule has 0 saturated carbocycles. The fraction of sp³-hybridized carbons (Fsp3) is 0.111. The second kappa shape index (κ2) is 7.71. The number of amides is 2. The van der Waals surface area contributed by atoms with Gasteiger partial charge in [0.15, 0.2) is 0 Å². The Morgan fingerprint density at radius 3 is 2.61 bits per heavy atom. The number of sulfonamides is 1. The molecule has 3 aromatic rings. The Bertz CT molecular complexity index is 1150. The molecule has 10 heteroatoms. The number of nitrogens with one attached hydrogen (secondary N) is 3. The number of aromatic nitrogens is 1. The third-order valence-electron chi connectivity index (χ3n) is 4.09. The number of aromatic amines is 1. The molecule has 0 aliphatic carbocycles. The topological polar surface area (TPSA) is 143 Å². The SMILES string of the molecule is COc1ccc(S(N)(=O)=O)cc1C(=O)NNC(=O)Cc1c[nH]c2ccccc12. The van der Waals surface area contributed by atoms with E-state index in [4.69, 9.17) is 9.88 Å². The molecule has 0 aliphatic rings. The summed E-state index contributed by atoms with van der Waals surface area (Å²) in [6.07, 6.45) is 1.77. The highest BCUT2D eigenvalue weighted by Gasteiger charge is 2.18. The maximum Gasteiger partial charge on any atom is 0.273 e. The van der Waals surface area contributed by atoms with Gasteiger partial charge in [0.05, 0.1) is 24.0 Å². The molecule has 146 valence electrons. The number of primary sulfonamides is 1. The maximum absolute atomic E-state index is 12.4. The highest BCUT2D eigenvalue weighted by Crippen LogP contribution is 2.22. The van der Waals surface area contributed by atoms with Crippen LogP contribution in [0.1, 0.15) is 15.9 Å². The highest BCUT2D eigenvalue weighted by atomic mass is 32.2. The number of nitrogens with two attached hydrogens (primary N) is 1. The van der Waals surface area contributed by atoms with Gasteiger partial charge in [-0.15, -0.1) is 0 Å². The monoisotopic (exact) mass is 402 g/mol. The van der Waals surface area contributed by atoms with Gasteiger partial charge in [0.25, 0.3) is 5.91 Å². The molecule has 1 aromatic heterocycles. The molecule has 5 N–H and O–H groups in total. The van der Waals surface area contributed by atoms with Crippen LogP contribution in [0.25, 0.3) is 10.9 Å². The van der Waals surface area contributed by atoms with Crippen molar-refractivity contribution in [2.45, 2.75) is 11.3 Å². The molecule has 0 radical (unpaired) electrons. The number of H-pyrrole nitrogens is 1. The molecule has 0 spiro atoms. The van der Waals surface area contributed by atoms with E-state index in [1.165, 1.54) is 19.2 Å². The first kappa shape index (κ1) is 19.4. The number of hydrazine groups is 1. The van der Waals surface area contributed by atoms with Crippen molar-refractivity contribution in [2.75, 3.05) is 7.11 Å². The smallest absolute Gasteiger partial charge is 0.273 e. The predicted molar refractivity (Wildman–Crippen MR) is 102 cm³/mol. The van der Waals surface area contributed by atoms with E-state index in [-0.39, 0.29) is 22.6 Å². The number of methoxy groups -OCH3 is 1. The Labute approximate surface area is 160 Å². The molecule has 0 fully saturated rings. The van der Waals surface area contributed by atoms with E-state index in [0.29, 0.717) is 0 Å². The van der Waals surface area contributed by atoms with E-state index in [9.17, 15) is 18.0 Å². The van der Waals surface area contributed by atoms with E-state index in [1.54, 1.807) is 6.20 Å². The highest BCUT2D eigenvalue weighted by molar-refractivity contribution is 7.89. The van der Waals surface area contributed by atoms with Gasteiger partial charge in [0.2, 0.25) is 15.9 Å². The number of hydrogen-bond donors (Lipinski definition) is 4. The first-order chi connectivity index (χ1) is 13.3. The second-order valence-corrected chi connectivity index (χ2v) is 7.51. The molecule has 1 heterocycles. The van der Waals surface area contributed by atoms with Gasteiger partial charge in [-0.2, -0.15) is 0 Å². The zero-order valence-corrected chi connectivity index (χ0v) is 15.7. The van der Waals surface area contributed by atoms with Crippen LogP contribution < -0.4 is 20.7 Å². The summed E-state index contributed by atoms with van der Waals surface area (Å²) in [6.45, 7) is 0. The number of hydrogen-bond acceptors (Lipinski definition) is 5. The van der Waals surface area contributed by atoms with Gasteiger partial charge in [-0.25, -0.2) is 13.6 Å².